The maximum absolute atomic E-state index is 15.7. The summed E-state index contributed by atoms with van der Waals surface area (Å²) >= 11 is 0. The predicted molar refractivity (Wildman–Crippen MR) is 387 cm³/mol. The Hall–Kier alpha value is -7.25. The predicted octanol–water partition coefficient (Wildman–Crippen LogP) is 5.88. The first-order valence-corrected chi connectivity index (χ1v) is 40.1. The van der Waals surface area contributed by atoms with Gasteiger partial charge in [0.05, 0.1) is 51.4 Å². The smallest absolute Gasteiger partial charge is 0.378 e. The van der Waals surface area contributed by atoms with Crippen LogP contribution in [0.3, 0.4) is 0 Å². The molecule has 4 aliphatic heterocycles. The van der Waals surface area contributed by atoms with Crippen molar-refractivity contribution in [2.45, 2.75) is 259 Å². The first-order chi connectivity index (χ1) is 53.5. The van der Waals surface area contributed by atoms with Crippen molar-refractivity contribution < 1.29 is 120 Å². The average molecular weight is 1650 g/mol. The summed E-state index contributed by atoms with van der Waals surface area (Å²) in [5.41, 5.74) is -1.78. The van der Waals surface area contributed by atoms with Crippen molar-refractivity contribution in [3.8, 4) is 0 Å². The highest BCUT2D eigenvalue weighted by Gasteiger charge is 2.57. The van der Waals surface area contributed by atoms with Crippen molar-refractivity contribution in [3.63, 3.8) is 0 Å². The van der Waals surface area contributed by atoms with E-state index >= 15 is 47.1 Å². The van der Waals surface area contributed by atoms with Gasteiger partial charge in [-0.1, -0.05) is 46.0 Å². The number of nitrogens with zero attached hydrogens (tertiary/aromatic N) is 9. The highest BCUT2D eigenvalue weighted by atomic mass is 19.4. The summed E-state index contributed by atoms with van der Waals surface area (Å²) in [4.78, 5) is 192. The number of rotatable bonds is 14. The average Bonchev–Trinajstić information content (AvgIpc) is 1.21. The van der Waals surface area contributed by atoms with Crippen molar-refractivity contribution in [2.75, 3.05) is 115 Å². The van der Waals surface area contributed by atoms with E-state index < -0.39 is 249 Å². The highest BCUT2D eigenvalue weighted by Crippen LogP contribution is 2.46. The van der Waals surface area contributed by atoms with Gasteiger partial charge in [0.2, 0.25) is 70.9 Å². The zero-order valence-corrected chi connectivity index (χ0v) is 66.7. The number of hydrogen-bond acceptors (Lipinski definition) is 15. The molecule has 8 rings (SSSR count). The van der Waals surface area contributed by atoms with Gasteiger partial charge >= 0.3 is 18.5 Å². The standard InChI is InChI=1S/C76H115F11N12O15/c1-10-44(3)62-70(109)92(5)41-60(102)93(6)53-20-13-12-16-29-98(69(53)108)56(36-45-21-24-48(25-22-45)75(82,83)84)67(106)91(4)40-58(100)88-52(26-23-46-34-50(77)61(51(78)35-46)76(85,86)87)66(105)99-39-49(114-11-2)37-54(99)65(104)90-73(27-17-28-73)72(111)96(9)63(47-18-14-15-19-47)71(110)95(8)55(68(107)97-30-32-112-33-31-97)38-59(101)94(7)57(64(103)89-62)42-113-43-74(79,80)81/h44-57,61-63H,10-43H2,1-9H3,(H,88,100)(H,89,103)(H,90,104)/t44-,45?,46?,48?,49+,50?,51?,52-,53-,54-,55-,56-,57-,61?,62-,63-/m0/s1. The highest BCUT2D eigenvalue weighted by molar-refractivity contribution is 6.01. The van der Waals surface area contributed by atoms with Crippen LogP contribution in [0.1, 0.15) is 168 Å². The van der Waals surface area contributed by atoms with Crippen molar-refractivity contribution in [3.05, 3.63) is 0 Å². The third kappa shape index (κ3) is 22.9. The normalized spacial score (nSPS) is 31.7. The van der Waals surface area contributed by atoms with E-state index in [0.717, 1.165) is 41.3 Å². The van der Waals surface area contributed by atoms with E-state index in [0.29, 0.717) is 44.9 Å². The fraction of sp³-hybridized carbons (Fsp3) is 0.842. The van der Waals surface area contributed by atoms with Gasteiger partial charge in [0.25, 0.3) is 0 Å². The second-order valence-electron chi connectivity index (χ2n) is 32.7. The van der Waals surface area contributed by atoms with Crippen LogP contribution in [0.2, 0.25) is 0 Å². The first-order valence-electron chi connectivity index (χ1n) is 40.1. The number of amides is 12. The Labute approximate surface area is 658 Å². The van der Waals surface area contributed by atoms with Gasteiger partial charge in [0.1, 0.15) is 78.7 Å². The monoisotopic (exact) mass is 1640 g/mol. The molecule has 4 heterocycles. The molecular weight excluding hydrogens is 1530 g/mol. The van der Waals surface area contributed by atoms with Gasteiger partial charge in [0, 0.05) is 81.5 Å². The molecule has 0 radical (unpaired) electrons. The lowest BCUT2D eigenvalue weighted by atomic mass is 9.74. The zero-order valence-electron chi connectivity index (χ0n) is 66.7. The van der Waals surface area contributed by atoms with Crippen LogP contribution < -0.4 is 16.0 Å². The molecule has 0 aromatic heterocycles. The van der Waals surface area contributed by atoms with Gasteiger partial charge in [-0.15, -0.1) is 0 Å². The third-order valence-corrected chi connectivity index (χ3v) is 24.9. The molecule has 12 atom stereocenters. The Morgan fingerprint density at radius 3 is 1.80 bits per heavy atom. The molecule has 4 saturated heterocycles. The number of halogens is 11. The maximum Gasteiger partial charge on any atom is 0.411 e. The van der Waals surface area contributed by atoms with Crippen LogP contribution in [0.25, 0.3) is 0 Å². The van der Waals surface area contributed by atoms with Crippen molar-refractivity contribution in [2.24, 2.45) is 35.5 Å². The summed E-state index contributed by atoms with van der Waals surface area (Å²) in [6.07, 6.45) is -22.2. The molecule has 0 aromatic carbocycles. The number of nitrogens with one attached hydrogen (secondary N) is 3. The second-order valence-corrected chi connectivity index (χ2v) is 32.7. The van der Waals surface area contributed by atoms with E-state index in [4.69, 9.17) is 14.2 Å². The molecular formula is C76H115F11N12O15. The molecule has 646 valence electrons. The Morgan fingerprint density at radius 1 is 0.596 bits per heavy atom. The van der Waals surface area contributed by atoms with Gasteiger partial charge < -0.3 is 74.3 Å². The number of likely N-dealkylation sites (N-methyl/N-ethyl adjacent to an activating group) is 6. The Kier molecular flexibility index (Phi) is 32.2. The van der Waals surface area contributed by atoms with E-state index in [1.54, 1.807) is 20.8 Å². The number of morpholine rings is 1. The van der Waals surface area contributed by atoms with Crippen LogP contribution in [0.15, 0.2) is 0 Å². The molecule has 3 N–H and O–H groups in total. The van der Waals surface area contributed by atoms with Gasteiger partial charge in [-0.05, 0) is 133 Å². The van der Waals surface area contributed by atoms with Crippen LogP contribution in [-0.4, -0.2) is 320 Å². The number of alkyl halides is 11. The summed E-state index contributed by atoms with van der Waals surface area (Å²) in [6.45, 7) is -0.322. The Morgan fingerprint density at radius 2 is 1.22 bits per heavy atom. The molecule has 2 unspecified atom stereocenters. The number of carbonyl (C=O) groups excluding carboxylic acids is 12. The number of fused-ring (bicyclic) bond motifs is 3. The number of ether oxygens (including phenoxy) is 3. The zero-order chi connectivity index (χ0) is 84.2. The molecule has 4 aliphatic carbocycles. The van der Waals surface area contributed by atoms with E-state index in [1.807, 2.05) is 0 Å². The summed E-state index contributed by atoms with van der Waals surface area (Å²) in [6, 6.07) is -12.9. The van der Waals surface area contributed by atoms with Crippen molar-refractivity contribution in [1.82, 2.24) is 60.0 Å². The van der Waals surface area contributed by atoms with Gasteiger partial charge in [0.15, 0.2) is 0 Å². The minimum absolute atomic E-state index is 0.0157. The van der Waals surface area contributed by atoms with Gasteiger partial charge in [-0.3, -0.25) is 57.5 Å². The molecule has 27 nitrogen and oxygen atoms in total. The van der Waals surface area contributed by atoms with E-state index in [-0.39, 0.29) is 123 Å². The number of hydrogen-bond donors (Lipinski definition) is 3. The van der Waals surface area contributed by atoms with Crippen LogP contribution in [-0.2, 0) is 71.7 Å². The molecule has 8 fully saturated rings. The molecule has 0 aromatic rings. The number of carbonyl (C=O) groups is 12. The van der Waals surface area contributed by atoms with Crippen LogP contribution in [0.5, 0.6) is 0 Å². The van der Waals surface area contributed by atoms with Crippen molar-refractivity contribution in [1.29, 1.82) is 0 Å². The lowest BCUT2D eigenvalue weighted by molar-refractivity contribution is -0.219. The second kappa shape index (κ2) is 39.8. The van der Waals surface area contributed by atoms with Crippen LogP contribution in [0, 0.1) is 35.5 Å². The topological polar surface area (TPSA) is 298 Å². The van der Waals surface area contributed by atoms with Crippen molar-refractivity contribution >= 4 is 70.9 Å². The summed E-state index contributed by atoms with van der Waals surface area (Å²) in [5, 5.41) is 8.05. The first kappa shape index (κ1) is 92.3. The Balaban J connectivity index is 1.22. The van der Waals surface area contributed by atoms with Gasteiger partial charge in [-0.25, -0.2) is 8.78 Å². The van der Waals surface area contributed by atoms with Crippen LogP contribution in [0.4, 0.5) is 48.3 Å². The lowest BCUT2D eigenvalue weighted by Gasteiger charge is -2.47. The largest absolute Gasteiger partial charge is 0.411 e. The molecule has 8 aliphatic rings. The SMILES string of the molecule is CCO[C@@H]1C[C@H]2C(=O)NC3(CCC3)C(=O)N(C)[C@@H](C3CCCC3)C(=O)N(C)[C@H](C(=O)N3CCOCC3)CC(=O)N(C)[C@@H](COCC(F)(F)F)C(=O)N[C@@H]([C@@H](C)CC)C(=O)N(C)CC(=O)N(C)[C@H]3CCCCCN(C3=O)[C@@H](CC3CCC(C(F)(F)F)CC3)C(=O)N(C)CC(=O)N[C@@H](CCC3CC(F)C(C(F)(F)F)C(F)C3)C(=O)N2C1. The summed E-state index contributed by atoms with van der Waals surface area (Å²) in [7, 11) is 7.27. The Bertz CT molecular complexity index is 3360. The minimum atomic E-state index is -5.24. The maximum atomic E-state index is 15.7. The minimum Gasteiger partial charge on any atom is -0.378 e. The van der Waals surface area contributed by atoms with E-state index in [9.17, 15) is 58.7 Å². The summed E-state index contributed by atoms with van der Waals surface area (Å²) < 4.78 is 174. The fourth-order valence-electron chi connectivity index (χ4n) is 17.8. The molecule has 4 saturated carbocycles. The third-order valence-electron chi connectivity index (χ3n) is 24.9. The summed E-state index contributed by atoms with van der Waals surface area (Å²) in [5.74, 6) is -18.9. The van der Waals surface area contributed by atoms with Crippen LogP contribution >= 0.6 is 0 Å². The molecule has 1 spiro atoms. The van der Waals surface area contributed by atoms with Gasteiger partial charge in [-0.2, -0.15) is 39.5 Å². The molecule has 114 heavy (non-hydrogen) atoms. The molecule has 38 heteroatoms. The quantitative estimate of drug-likeness (QED) is 0.171. The molecule has 2 bridgehead atoms. The fourth-order valence-corrected chi connectivity index (χ4v) is 17.8. The van der Waals surface area contributed by atoms with E-state index in [2.05, 4.69) is 16.0 Å². The lowest BCUT2D eigenvalue weighted by Crippen LogP contribution is -2.68. The molecule has 12 amide bonds. The van der Waals surface area contributed by atoms with E-state index in [1.165, 1.54) is 45.0 Å².